The third-order valence-electron chi connectivity index (χ3n) is 4.17. The minimum atomic E-state index is 0. The van der Waals surface area contributed by atoms with Gasteiger partial charge in [-0.15, -0.1) is 12.4 Å². The van der Waals surface area contributed by atoms with Gasteiger partial charge in [0.1, 0.15) is 0 Å². The molecule has 5 heteroatoms. The minimum Gasteiger partial charge on any atom is -0.349 e. The van der Waals surface area contributed by atoms with Crippen molar-refractivity contribution in [2.24, 2.45) is 5.92 Å². The fourth-order valence-electron chi connectivity index (χ4n) is 3.10. The average Bonchev–Trinajstić information content (AvgIpc) is 2.82. The van der Waals surface area contributed by atoms with Crippen molar-refractivity contribution in [3.63, 3.8) is 0 Å². The average molecular weight is 315 g/mol. The van der Waals surface area contributed by atoms with Crippen LogP contribution in [-0.2, 0) is 11.2 Å². The van der Waals surface area contributed by atoms with Gasteiger partial charge in [-0.25, -0.2) is 0 Å². The fraction of sp³-hybridized carbons (Fsp3) is 0.533. The van der Waals surface area contributed by atoms with Crippen molar-refractivity contribution < 1.29 is 4.79 Å². The van der Waals surface area contributed by atoms with E-state index in [4.69, 9.17) is 11.6 Å². The molecule has 3 nitrogen and oxygen atoms in total. The van der Waals surface area contributed by atoms with Crippen molar-refractivity contribution >= 4 is 29.9 Å². The molecule has 3 rings (SSSR count). The second-order valence-corrected chi connectivity index (χ2v) is 5.92. The number of piperidine rings is 1. The van der Waals surface area contributed by atoms with Crippen LogP contribution in [0.25, 0.3) is 0 Å². The molecule has 1 saturated heterocycles. The Labute approximate surface area is 130 Å². The highest BCUT2D eigenvalue weighted by atomic mass is 35.5. The van der Waals surface area contributed by atoms with E-state index in [0.717, 1.165) is 43.8 Å². The Hall–Kier alpha value is -0.770. The molecule has 2 atom stereocenters. The minimum absolute atomic E-state index is 0. The summed E-state index contributed by atoms with van der Waals surface area (Å²) in [5, 5.41) is 7.27. The Morgan fingerprint density at radius 1 is 1.35 bits per heavy atom. The number of aryl methyl sites for hydroxylation is 1. The Morgan fingerprint density at radius 3 is 2.95 bits per heavy atom. The summed E-state index contributed by atoms with van der Waals surface area (Å²) in [6, 6.07) is 6.15. The van der Waals surface area contributed by atoms with Gasteiger partial charge in [-0.2, -0.15) is 0 Å². The van der Waals surface area contributed by atoms with E-state index in [9.17, 15) is 4.79 Å². The van der Waals surface area contributed by atoms with E-state index in [2.05, 4.69) is 16.7 Å². The van der Waals surface area contributed by atoms with Gasteiger partial charge in [0.05, 0.1) is 12.0 Å². The van der Waals surface area contributed by atoms with Crippen LogP contribution in [0, 0.1) is 5.92 Å². The number of amides is 1. The summed E-state index contributed by atoms with van der Waals surface area (Å²) in [5.41, 5.74) is 2.51. The topological polar surface area (TPSA) is 41.1 Å². The van der Waals surface area contributed by atoms with Gasteiger partial charge in [0, 0.05) is 11.6 Å². The van der Waals surface area contributed by atoms with Gasteiger partial charge in [0.25, 0.3) is 0 Å². The zero-order valence-corrected chi connectivity index (χ0v) is 12.9. The van der Waals surface area contributed by atoms with E-state index >= 15 is 0 Å². The van der Waals surface area contributed by atoms with Crippen molar-refractivity contribution in [2.45, 2.75) is 31.7 Å². The van der Waals surface area contributed by atoms with Crippen LogP contribution in [0.3, 0.4) is 0 Å². The van der Waals surface area contributed by atoms with Crippen molar-refractivity contribution in [3.8, 4) is 0 Å². The van der Waals surface area contributed by atoms with E-state index in [1.165, 1.54) is 11.1 Å². The van der Waals surface area contributed by atoms with E-state index in [0.29, 0.717) is 0 Å². The normalized spacial score (nSPS) is 24.6. The number of benzene rings is 1. The Balaban J connectivity index is 0.00000147. The molecule has 1 heterocycles. The van der Waals surface area contributed by atoms with Crippen molar-refractivity contribution in [3.05, 3.63) is 34.3 Å². The van der Waals surface area contributed by atoms with Gasteiger partial charge >= 0.3 is 0 Å². The van der Waals surface area contributed by atoms with Crippen molar-refractivity contribution in [2.75, 3.05) is 13.1 Å². The maximum absolute atomic E-state index is 12.3. The monoisotopic (exact) mass is 314 g/mol. The SMILES string of the molecule is Cl.O=C(NC1CCc2cc(Cl)ccc21)C1CCCNC1. The maximum atomic E-state index is 12.3. The standard InChI is InChI=1S/C15H19ClN2O.ClH/c16-12-4-5-13-10(8-12)3-6-14(13)18-15(19)11-2-1-7-17-9-11;/h4-5,8,11,14,17H,1-3,6-7,9H2,(H,18,19);1H. The van der Waals surface area contributed by atoms with Crippen LogP contribution in [-0.4, -0.2) is 19.0 Å². The summed E-state index contributed by atoms with van der Waals surface area (Å²) in [5.74, 6) is 0.324. The summed E-state index contributed by atoms with van der Waals surface area (Å²) in [6.45, 7) is 1.85. The molecule has 0 bridgehead atoms. The predicted octanol–water partition coefficient (Wildman–Crippen LogP) is 2.86. The Kier molecular flexibility index (Phi) is 5.30. The van der Waals surface area contributed by atoms with Gasteiger partial charge in [0.15, 0.2) is 0 Å². The molecule has 110 valence electrons. The molecule has 1 aliphatic carbocycles. The summed E-state index contributed by atoms with van der Waals surface area (Å²) in [4.78, 5) is 12.3. The number of hydrogen-bond donors (Lipinski definition) is 2. The molecule has 1 aliphatic heterocycles. The first-order valence-corrected chi connectivity index (χ1v) is 7.41. The van der Waals surface area contributed by atoms with Crippen LogP contribution >= 0.6 is 24.0 Å². The molecule has 1 amide bonds. The number of halogens is 2. The summed E-state index contributed by atoms with van der Waals surface area (Å²) < 4.78 is 0. The molecule has 0 aromatic heterocycles. The lowest BCUT2D eigenvalue weighted by Gasteiger charge is -2.24. The van der Waals surface area contributed by atoms with Gasteiger partial charge in [-0.3, -0.25) is 4.79 Å². The molecule has 1 fully saturated rings. The molecular weight excluding hydrogens is 295 g/mol. The maximum Gasteiger partial charge on any atom is 0.224 e. The molecule has 2 N–H and O–H groups in total. The second-order valence-electron chi connectivity index (χ2n) is 5.49. The molecular formula is C15H20Cl2N2O. The third-order valence-corrected chi connectivity index (χ3v) is 4.40. The highest BCUT2D eigenvalue weighted by Crippen LogP contribution is 2.33. The first-order valence-electron chi connectivity index (χ1n) is 7.03. The predicted molar refractivity (Wildman–Crippen MR) is 83.5 cm³/mol. The molecule has 0 spiro atoms. The van der Waals surface area contributed by atoms with Gasteiger partial charge in [-0.05, 0) is 55.5 Å². The number of carbonyl (C=O) groups excluding carboxylic acids is 1. The van der Waals surface area contributed by atoms with E-state index in [-0.39, 0.29) is 30.3 Å². The highest BCUT2D eigenvalue weighted by Gasteiger charge is 2.27. The molecule has 2 unspecified atom stereocenters. The van der Waals surface area contributed by atoms with Gasteiger partial charge < -0.3 is 10.6 Å². The Morgan fingerprint density at radius 2 is 2.20 bits per heavy atom. The second kappa shape index (κ2) is 6.79. The van der Waals surface area contributed by atoms with Crippen molar-refractivity contribution in [1.82, 2.24) is 10.6 Å². The first kappa shape index (κ1) is 15.6. The van der Waals surface area contributed by atoms with E-state index in [1.54, 1.807) is 0 Å². The summed E-state index contributed by atoms with van der Waals surface area (Å²) >= 11 is 6.00. The largest absolute Gasteiger partial charge is 0.349 e. The van der Waals surface area contributed by atoms with Crippen LogP contribution in [0.5, 0.6) is 0 Å². The third kappa shape index (κ3) is 3.27. The summed E-state index contributed by atoms with van der Waals surface area (Å²) in [6.07, 6.45) is 4.08. The van der Waals surface area contributed by atoms with Crippen LogP contribution in [0.4, 0.5) is 0 Å². The number of nitrogens with one attached hydrogen (secondary N) is 2. The summed E-state index contributed by atoms with van der Waals surface area (Å²) in [7, 11) is 0. The smallest absolute Gasteiger partial charge is 0.224 e. The lowest BCUT2D eigenvalue weighted by Crippen LogP contribution is -2.41. The number of carbonyl (C=O) groups is 1. The lowest BCUT2D eigenvalue weighted by atomic mass is 9.98. The van der Waals surface area contributed by atoms with Crippen LogP contribution < -0.4 is 10.6 Å². The fourth-order valence-corrected chi connectivity index (χ4v) is 3.30. The first-order chi connectivity index (χ1) is 9.24. The van der Waals surface area contributed by atoms with Gasteiger partial charge in [0.2, 0.25) is 5.91 Å². The zero-order chi connectivity index (χ0) is 13.2. The quantitative estimate of drug-likeness (QED) is 0.881. The molecule has 1 aromatic rings. The number of rotatable bonds is 2. The van der Waals surface area contributed by atoms with Gasteiger partial charge in [-0.1, -0.05) is 17.7 Å². The van der Waals surface area contributed by atoms with Crippen molar-refractivity contribution in [1.29, 1.82) is 0 Å². The molecule has 2 aliphatic rings. The lowest BCUT2D eigenvalue weighted by molar-refractivity contribution is -0.126. The molecule has 1 aromatic carbocycles. The number of hydrogen-bond acceptors (Lipinski definition) is 2. The number of fused-ring (bicyclic) bond motifs is 1. The molecule has 20 heavy (non-hydrogen) atoms. The zero-order valence-electron chi connectivity index (χ0n) is 11.3. The Bertz CT molecular complexity index is 487. The molecule has 0 saturated carbocycles. The molecule has 0 radical (unpaired) electrons. The van der Waals surface area contributed by atoms with Crippen LogP contribution in [0.2, 0.25) is 5.02 Å². The highest BCUT2D eigenvalue weighted by molar-refractivity contribution is 6.30. The van der Waals surface area contributed by atoms with Crippen LogP contribution in [0.1, 0.15) is 36.4 Å². The van der Waals surface area contributed by atoms with E-state index < -0.39 is 0 Å². The van der Waals surface area contributed by atoms with E-state index in [1.807, 2.05) is 12.1 Å². The van der Waals surface area contributed by atoms with Crippen LogP contribution in [0.15, 0.2) is 18.2 Å².